The Morgan fingerprint density at radius 3 is 2.54 bits per heavy atom. The van der Waals surface area contributed by atoms with Gasteiger partial charge >= 0.3 is 5.97 Å². The van der Waals surface area contributed by atoms with E-state index >= 15 is 0 Å². The Morgan fingerprint density at radius 2 is 1.87 bits per heavy atom. The highest BCUT2D eigenvalue weighted by Gasteiger charge is 2.42. The number of unbranched alkanes of at least 4 members (excludes halogenated alkanes) is 1. The largest absolute Gasteiger partial charge is 0.493 e. The van der Waals surface area contributed by atoms with E-state index in [1.54, 1.807) is 27.2 Å². The van der Waals surface area contributed by atoms with Gasteiger partial charge in [-0.25, -0.2) is 4.79 Å². The van der Waals surface area contributed by atoms with Crippen LogP contribution in [0.15, 0.2) is 58.9 Å². The third-order valence-corrected chi connectivity index (χ3v) is 7.50. The number of rotatable bonds is 9. The predicted octanol–water partition coefficient (Wildman–Crippen LogP) is 5.97. The molecule has 0 aromatic heterocycles. The van der Waals surface area contributed by atoms with Crippen molar-refractivity contribution in [2.45, 2.75) is 51.4 Å². The molecule has 1 heterocycles. The first-order valence-corrected chi connectivity index (χ1v) is 13.1. The summed E-state index contributed by atoms with van der Waals surface area (Å²) >= 11 is 6.57. The van der Waals surface area contributed by atoms with Crippen molar-refractivity contribution in [1.29, 1.82) is 0 Å². The normalized spacial score (nSPS) is 18.8. The van der Waals surface area contributed by atoms with E-state index < -0.39 is 16.8 Å². The topological polar surface area (TPSA) is 117 Å². The third kappa shape index (κ3) is 5.63. The lowest BCUT2D eigenvalue weighted by Gasteiger charge is -2.37. The van der Waals surface area contributed by atoms with Crippen molar-refractivity contribution in [3.8, 4) is 11.5 Å². The van der Waals surface area contributed by atoms with Gasteiger partial charge in [-0.15, -0.1) is 0 Å². The summed E-state index contributed by atoms with van der Waals surface area (Å²) in [5, 5.41) is 15.1. The molecule has 0 spiro atoms. The number of non-ortho nitro benzene ring substituents is 1. The molecule has 10 heteroatoms. The number of methoxy groups -OCH3 is 2. The summed E-state index contributed by atoms with van der Waals surface area (Å²) in [6.07, 6.45) is 2.19. The monoisotopic (exact) mass is 554 g/mol. The van der Waals surface area contributed by atoms with Crippen molar-refractivity contribution >= 4 is 29.0 Å². The van der Waals surface area contributed by atoms with Crippen LogP contribution in [0.4, 0.5) is 5.69 Å². The van der Waals surface area contributed by atoms with E-state index in [4.69, 9.17) is 25.8 Å². The Kier molecular flexibility index (Phi) is 8.60. The number of ether oxygens (including phenoxy) is 3. The number of halogens is 1. The van der Waals surface area contributed by atoms with Gasteiger partial charge in [-0.2, -0.15) is 0 Å². The predicted molar refractivity (Wildman–Crippen MR) is 146 cm³/mol. The number of nitrogens with one attached hydrogen (secondary N) is 1. The van der Waals surface area contributed by atoms with Gasteiger partial charge in [-0.3, -0.25) is 14.9 Å². The van der Waals surface area contributed by atoms with E-state index in [1.165, 1.54) is 18.2 Å². The Balaban J connectivity index is 1.81. The minimum absolute atomic E-state index is 0.157. The first-order valence-electron chi connectivity index (χ1n) is 12.8. The number of hydrogen-bond acceptors (Lipinski definition) is 8. The molecule has 1 N–H and O–H groups in total. The number of benzene rings is 2. The van der Waals surface area contributed by atoms with Gasteiger partial charge in [0.1, 0.15) is 0 Å². The van der Waals surface area contributed by atoms with Crippen LogP contribution >= 0.6 is 11.6 Å². The molecule has 0 saturated carbocycles. The lowest BCUT2D eigenvalue weighted by Crippen LogP contribution is -2.36. The Bertz CT molecular complexity index is 1380. The highest BCUT2D eigenvalue weighted by molar-refractivity contribution is 6.31. The minimum atomic E-state index is -0.901. The summed E-state index contributed by atoms with van der Waals surface area (Å²) in [6, 6.07) is 9.63. The number of carbonyl (C=O) groups excluding carboxylic acids is 2. The zero-order valence-electron chi connectivity index (χ0n) is 22.3. The number of hydrogen-bond donors (Lipinski definition) is 1. The SMILES string of the molecule is CCCCOC(=O)C1=C(C)NC2=C(C(=O)C[C@@H](c3ccc(OC)c(OC)c3)C2)[C@@H]1c1cc([N+](=O)[O-])ccc1Cl. The molecule has 0 bridgehead atoms. The van der Waals surface area contributed by atoms with Crippen LogP contribution in [-0.4, -0.2) is 37.5 Å². The van der Waals surface area contributed by atoms with Crippen molar-refractivity contribution in [1.82, 2.24) is 5.32 Å². The first-order chi connectivity index (χ1) is 18.7. The average Bonchev–Trinajstić information content (AvgIpc) is 2.91. The molecule has 0 amide bonds. The second kappa shape index (κ2) is 11.9. The number of Topliss-reactive ketones (excluding diaryl/α,β-unsaturated/α-hetero) is 1. The molecule has 0 saturated heterocycles. The number of carbonyl (C=O) groups is 2. The van der Waals surface area contributed by atoms with Gasteiger partial charge in [0.25, 0.3) is 5.69 Å². The van der Waals surface area contributed by atoms with Gasteiger partial charge in [0.15, 0.2) is 17.3 Å². The molecule has 2 aliphatic rings. The van der Waals surface area contributed by atoms with Crippen molar-refractivity contribution in [2.75, 3.05) is 20.8 Å². The summed E-state index contributed by atoms with van der Waals surface area (Å²) in [7, 11) is 3.11. The lowest BCUT2D eigenvalue weighted by molar-refractivity contribution is -0.384. The van der Waals surface area contributed by atoms with Crippen LogP contribution in [0.25, 0.3) is 0 Å². The van der Waals surface area contributed by atoms with E-state index in [0.717, 1.165) is 12.0 Å². The molecular formula is C29H31ClN2O7. The minimum Gasteiger partial charge on any atom is -0.493 e. The molecular weight excluding hydrogens is 524 g/mol. The van der Waals surface area contributed by atoms with E-state index in [0.29, 0.717) is 46.9 Å². The van der Waals surface area contributed by atoms with Gasteiger partial charge in [0, 0.05) is 46.5 Å². The van der Waals surface area contributed by atoms with E-state index in [1.807, 2.05) is 19.1 Å². The van der Waals surface area contributed by atoms with Crippen LogP contribution in [0.2, 0.25) is 5.02 Å². The van der Waals surface area contributed by atoms with E-state index in [-0.39, 0.29) is 41.0 Å². The standard InChI is InChI=1S/C29H31ClN2O7/c1-5-6-11-39-29(34)26-16(2)31-22-12-18(17-7-10-24(37-3)25(14-17)38-4)13-23(33)28(22)27(26)20-15-19(32(35)36)8-9-21(20)30/h7-10,14-15,18,27,31H,5-6,11-13H2,1-4H3/t18-,27+/m0/s1. The number of ketones is 1. The third-order valence-electron chi connectivity index (χ3n) is 7.16. The summed E-state index contributed by atoms with van der Waals surface area (Å²) in [4.78, 5) is 38.2. The number of esters is 1. The maximum absolute atomic E-state index is 13.8. The van der Waals surface area contributed by atoms with Crippen LogP contribution < -0.4 is 14.8 Å². The first kappa shape index (κ1) is 28.2. The van der Waals surface area contributed by atoms with Crippen LogP contribution in [0.1, 0.15) is 62.5 Å². The second-order valence-electron chi connectivity index (χ2n) is 9.58. The van der Waals surface area contributed by atoms with Crippen LogP contribution in [-0.2, 0) is 14.3 Å². The molecule has 2 aromatic carbocycles. The summed E-state index contributed by atoms with van der Waals surface area (Å²) in [5.41, 5.74) is 2.82. The van der Waals surface area contributed by atoms with Crippen LogP contribution in [0.3, 0.4) is 0 Å². The maximum Gasteiger partial charge on any atom is 0.336 e. The smallest absolute Gasteiger partial charge is 0.336 e. The fourth-order valence-corrected chi connectivity index (χ4v) is 5.44. The molecule has 39 heavy (non-hydrogen) atoms. The molecule has 206 valence electrons. The van der Waals surface area contributed by atoms with Crippen molar-refractivity contribution < 1.29 is 28.7 Å². The summed E-state index contributed by atoms with van der Waals surface area (Å²) in [5.74, 6) is -0.667. The highest BCUT2D eigenvalue weighted by Crippen LogP contribution is 2.48. The molecule has 2 atom stereocenters. The molecule has 0 fully saturated rings. The van der Waals surface area contributed by atoms with E-state index in [9.17, 15) is 19.7 Å². The zero-order valence-corrected chi connectivity index (χ0v) is 23.1. The number of dihydropyridines is 1. The quantitative estimate of drug-likeness (QED) is 0.174. The number of nitro groups is 1. The number of nitrogens with zero attached hydrogens (tertiary/aromatic N) is 1. The molecule has 1 aliphatic heterocycles. The lowest BCUT2D eigenvalue weighted by atomic mass is 9.71. The van der Waals surface area contributed by atoms with Crippen molar-refractivity contribution in [3.05, 3.63) is 85.2 Å². The van der Waals surface area contributed by atoms with Crippen LogP contribution in [0, 0.1) is 10.1 Å². The molecule has 4 rings (SSSR count). The van der Waals surface area contributed by atoms with Crippen LogP contribution in [0.5, 0.6) is 11.5 Å². The van der Waals surface area contributed by atoms with Gasteiger partial charge in [-0.1, -0.05) is 31.0 Å². The zero-order chi connectivity index (χ0) is 28.3. The van der Waals surface area contributed by atoms with Crippen molar-refractivity contribution in [3.63, 3.8) is 0 Å². The molecule has 2 aromatic rings. The fourth-order valence-electron chi connectivity index (χ4n) is 5.22. The molecule has 0 unspecified atom stereocenters. The summed E-state index contributed by atoms with van der Waals surface area (Å²) < 4.78 is 16.3. The highest BCUT2D eigenvalue weighted by atomic mass is 35.5. The summed E-state index contributed by atoms with van der Waals surface area (Å²) in [6.45, 7) is 3.95. The van der Waals surface area contributed by atoms with Crippen molar-refractivity contribution in [2.24, 2.45) is 0 Å². The number of nitro benzene ring substituents is 1. The van der Waals surface area contributed by atoms with Gasteiger partial charge in [0.05, 0.1) is 31.3 Å². The molecule has 0 radical (unpaired) electrons. The Hall–Kier alpha value is -3.85. The molecule has 1 aliphatic carbocycles. The molecule has 9 nitrogen and oxygen atoms in total. The second-order valence-corrected chi connectivity index (χ2v) is 9.99. The van der Waals surface area contributed by atoms with Gasteiger partial charge in [0.2, 0.25) is 0 Å². The number of allylic oxidation sites excluding steroid dienone is 3. The van der Waals surface area contributed by atoms with Gasteiger partial charge in [-0.05, 0) is 55.0 Å². The average molecular weight is 555 g/mol. The fraction of sp³-hybridized carbons (Fsp3) is 0.379. The Morgan fingerprint density at radius 1 is 1.13 bits per heavy atom. The maximum atomic E-state index is 13.8. The van der Waals surface area contributed by atoms with E-state index in [2.05, 4.69) is 5.32 Å². The Labute approximate surface area is 231 Å². The van der Waals surface area contributed by atoms with Gasteiger partial charge < -0.3 is 19.5 Å².